The van der Waals surface area contributed by atoms with Gasteiger partial charge in [0, 0.05) is 24.4 Å². The zero-order valence-corrected chi connectivity index (χ0v) is 9.32. The lowest BCUT2D eigenvalue weighted by Gasteiger charge is -2.22. The van der Waals surface area contributed by atoms with E-state index in [1.807, 2.05) is 18.7 Å². The Labute approximate surface area is 85.1 Å². The van der Waals surface area contributed by atoms with E-state index in [2.05, 4.69) is 23.7 Å². The Hall–Kier alpha value is 0.01000. The number of hydrogen-bond donors (Lipinski definition) is 1. The highest BCUT2D eigenvalue weighted by Gasteiger charge is 2.25. The largest absolute Gasteiger partial charge is 0.380 e. The molecule has 1 aliphatic heterocycles. The van der Waals surface area contributed by atoms with Crippen LogP contribution in [0.4, 0.5) is 0 Å². The zero-order chi connectivity index (χ0) is 9.57. The minimum Gasteiger partial charge on any atom is -0.380 e. The van der Waals surface area contributed by atoms with Gasteiger partial charge < -0.3 is 10.1 Å². The first-order valence-electron chi connectivity index (χ1n) is 4.88. The molecule has 0 aromatic rings. The number of rotatable bonds is 6. The summed E-state index contributed by atoms with van der Waals surface area (Å²) in [5, 5.41) is 5.62. The third kappa shape index (κ3) is 4.16. The van der Waals surface area contributed by atoms with Crippen LogP contribution in [0, 0.1) is 0 Å². The van der Waals surface area contributed by atoms with E-state index in [0.29, 0.717) is 4.75 Å². The van der Waals surface area contributed by atoms with E-state index in [0.717, 1.165) is 26.3 Å². The summed E-state index contributed by atoms with van der Waals surface area (Å²) in [6.07, 6.45) is 3.42. The summed E-state index contributed by atoms with van der Waals surface area (Å²) in [7, 11) is 0. The molecule has 1 atom stereocenters. The maximum absolute atomic E-state index is 5.25. The monoisotopic (exact) mass is 201 g/mol. The molecule has 1 heterocycles. The molecule has 3 heteroatoms. The van der Waals surface area contributed by atoms with E-state index < -0.39 is 0 Å². The molecule has 0 saturated heterocycles. The molecule has 0 aromatic carbocycles. The van der Waals surface area contributed by atoms with Crippen LogP contribution in [0.15, 0.2) is 11.5 Å². The molecule has 76 valence electrons. The molecule has 1 aliphatic rings. The summed E-state index contributed by atoms with van der Waals surface area (Å²) in [6, 6.07) is 0. The van der Waals surface area contributed by atoms with Crippen molar-refractivity contribution in [3.05, 3.63) is 11.5 Å². The normalized spacial score (nSPS) is 26.9. The third-order valence-corrected chi connectivity index (χ3v) is 3.33. The molecular weight excluding hydrogens is 182 g/mol. The minimum atomic E-state index is 0.381. The van der Waals surface area contributed by atoms with Gasteiger partial charge in [-0.05, 0) is 25.7 Å². The average Bonchev–Trinajstić information content (AvgIpc) is 2.53. The molecule has 0 aliphatic carbocycles. The average molecular weight is 201 g/mol. The molecule has 0 aromatic heterocycles. The molecule has 0 radical (unpaired) electrons. The van der Waals surface area contributed by atoms with Crippen molar-refractivity contribution in [2.75, 3.05) is 26.3 Å². The van der Waals surface area contributed by atoms with Gasteiger partial charge in [-0.25, -0.2) is 0 Å². The van der Waals surface area contributed by atoms with Gasteiger partial charge in [0.25, 0.3) is 0 Å². The fraction of sp³-hybridized carbons (Fsp3) is 0.800. The van der Waals surface area contributed by atoms with Crippen LogP contribution in [0.5, 0.6) is 0 Å². The van der Waals surface area contributed by atoms with Crippen molar-refractivity contribution < 1.29 is 4.74 Å². The van der Waals surface area contributed by atoms with Crippen molar-refractivity contribution in [1.82, 2.24) is 5.32 Å². The predicted molar refractivity (Wildman–Crippen MR) is 59.1 cm³/mol. The quantitative estimate of drug-likeness (QED) is 0.664. The number of ether oxygens (including phenoxy) is 1. The summed E-state index contributed by atoms with van der Waals surface area (Å²) < 4.78 is 5.63. The van der Waals surface area contributed by atoms with Crippen LogP contribution in [0.1, 0.15) is 20.3 Å². The lowest BCUT2D eigenvalue weighted by molar-refractivity contribution is 0.149. The fourth-order valence-electron chi connectivity index (χ4n) is 1.31. The lowest BCUT2D eigenvalue weighted by Crippen LogP contribution is -2.34. The zero-order valence-electron chi connectivity index (χ0n) is 8.51. The Bertz CT molecular complexity index is 162. The van der Waals surface area contributed by atoms with Crippen molar-refractivity contribution >= 4 is 11.8 Å². The Morgan fingerprint density at radius 2 is 2.46 bits per heavy atom. The van der Waals surface area contributed by atoms with Crippen LogP contribution >= 0.6 is 11.8 Å². The van der Waals surface area contributed by atoms with Gasteiger partial charge in [-0.15, -0.1) is 11.8 Å². The highest BCUT2D eigenvalue weighted by Crippen LogP contribution is 2.35. The SMILES string of the molecule is CCOCCNCC1(C)CC=CS1. The van der Waals surface area contributed by atoms with Crippen molar-refractivity contribution in [2.24, 2.45) is 0 Å². The van der Waals surface area contributed by atoms with Gasteiger partial charge >= 0.3 is 0 Å². The van der Waals surface area contributed by atoms with E-state index in [4.69, 9.17) is 4.74 Å². The van der Waals surface area contributed by atoms with Gasteiger partial charge in [-0.2, -0.15) is 0 Å². The molecule has 0 amide bonds. The van der Waals surface area contributed by atoms with E-state index in [1.165, 1.54) is 6.42 Å². The van der Waals surface area contributed by atoms with Crippen LogP contribution in [0.2, 0.25) is 0 Å². The van der Waals surface area contributed by atoms with Crippen LogP contribution in [-0.4, -0.2) is 31.1 Å². The highest BCUT2D eigenvalue weighted by atomic mass is 32.2. The Morgan fingerprint density at radius 3 is 3.08 bits per heavy atom. The molecule has 0 fully saturated rings. The number of allylic oxidation sites excluding steroid dienone is 1. The van der Waals surface area contributed by atoms with Crippen LogP contribution < -0.4 is 5.32 Å². The smallest absolute Gasteiger partial charge is 0.0590 e. The van der Waals surface area contributed by atoms with E-state index in [9.17, 15) is 0 Å². The van der Waals surface area contributed by atoms with Gasteiger partial charge in [0.1, 0.15) is 0 Å². The minimum absolute atomic E-state index is 0.381. The summed E-state index contributed by atoms with van der Waals surface area (Å²) in [6.45, 7) is 7.99. The van der Waals surface area contributed by atoms with E-state index >= 15 is 0 Å². The molecule has 1 N–H and O–H groups in total. The topological polar surface area (TPSA) is 21.3 Å². The number of nitrogens with one attached hydrogen (secondary N) is 1. The van der Waals surface area contributed by atoms with Gasteiger partial charge in [0.2, 0.25) is 0 Å². The molecule has 2 nitrogen and oxygen atoms in total. The number of hydrogen-bond acceptors (Lipinski definition) is 3. The second kappa shape index (κ2) is 5.68. The van der Waals surface area contributed by atoms with Crippen molar-refractivity contribution in [3.8, 4) is 0 Å². The Balaban J connectivity index is 1.99. The maximum atomic E-state index is 5.25. The highest BCUT2D eigenvalue weighted by molar-refractivity contribution is 8.03. The first-order chi connectivity index (χ1) is 6.27. The second-order valence-electron chi connectivity index (χ2n) is 3.52. The molecule has 13 heavy (non-hydrogen) atoms. The van der Waals surface area contributed by atoms with Crippen molar-refractivity contribution in [3.63, 3.8) is 0 Å². The summed E-state index contributed by atoms with van der Waals surface area (Å²) in [5.74, 6) is 0. The maximum Gasteiger partial charge on any atom is 0.0590 e. The standard InChI is InChI=1S/C10H19NOS/c1-3-12-7-6-11-9-10(2)5-4-8-13-10/h4,8,11H,3,5-7,9H2,1-2H3. The predicted octanol–water partition coefficient (Wildman–Crippen LogP) is 2.02. The second-order valence-corrected chi connectivity index (χ2v) is 5.01. The van der Waals surface area contributed by atoms with Crippen LogP contribution in [0.3, 0.4) is 0 Å². The molecule has 1 unspecified atom stereocenters. The molecule has 0 spiro atoms. The van der Waals surface area contributed by atoms with Crippen LogP contribution in [-0.2, 0) is 4.74 Å². The first-order valence-corrected chi connectivity index (χ1v) is 5.76. The summed E-state index contributed by atoms with van der Waals surface area (Å²) in [4.78, 5) is 0. The van der Waals surface area contributed by atoms with Crippen molar-refractivity contribution in [2.45, 2.75) is 25.0 Å². The van der Waals surface area contributed by atoms with Gasteiger partial charge in [-0.3, -0.25) is 0 Å². The van der Waals surface area contributed by atoms with Crippen molar-refractivity contribution in [1.29, 1.82) is 0 Å². The van der Waals surface area contributed by atoms with E-state index in [-0.39, 0.29) is 0 Å². The third-order valence-electron chi connectivity index (χ3n) is 2.12. The summed E-state index contributed by atoms with van der Waals surface area (Å²) >= 11 is 1.92. The van der Waals surface area contributed by atoms with Gasteiger partial charge in [0.15, 0.2) is 0 Å². The van der Waals surface area contributed by atoms with Gasteiger partial charge in [0.05, 0.1) is 6.61 Å². The molecular formula is C10H19NOS. The Kier molecular flexibility index (Phi) is 4.84. The lowest BCUT2D eigenvalue weighted by atomic mass is 10.1. The fourth-order valence-corrected chi connectivity index (χ4v) is 2.21. The molecule has 0 saturated carbocycles. The Morgan fingerprint density at radius 1 is 1.62 bits per heavy atom. The first kappa shape index (κ1) is 11.1. The number of thioether (sulfide) groups is 1. The van der Waals surface area contributed by atoms with Gasteiger partial charge in [-0.1, -0.05) is 6.08 Å². The molecule has 1 rings (SSSR count). The van der Waals surface area contributed by atoms with Crippen LogP contribution in [0.25, 0.3) is 0 Å². The summed E-state index contributed by atoms with van der Waals surface area (Å²) in [5.41, 5.74) is 0. The molecule has 0 bridgehead atoms. The van der Waals surface area contributed by atoms with E-state index in [1.54, 1.807) is 0 Å².